The Labute approximate surface area is 181 Å². The van der Waals surface area contributed by atoms with Gasteiger partial charge in [-0.15, -0.1) is 0 Å². The van der Waals surface area contributed by atoms with Gasteiger partial charge in [0.05, 0.1) is 18.1 Å². The number of sulfonamides is 1. The van der Waals surface area contributed by atoms with Gasteiger partial charge in [0, 0.05) is 43.1 Å². The zero-order valence-corrected chi connectivity index (χ0v) is 17.9. The van der Waals surface area contributed by atoms with Crippen molar-refractivity contribution in [2.45, 2.75) is 11.8 Å². The number of carbonyl (C=O) groups excluding carboxylic acids is 2. The molecule has 31 heavy (non-hydrogen) atoms. The number of amides is 3. The van der Waals surface area contributed by atoms with Gasteiger partial charge in [-0.2, -0.15) is 4.31 Å². The van der Waals surface area contributed by atoms with Gasteiger partial charge in [-0.1, -0.05) is 6.07 Å². The number of nitrogens with one attached hydrogen (secondary N) is 2. The van der Waals surface area contributed by atoms with Crippen molar-refractivity contribution in [3.05, 3.63) is 53.6 Å². The van der Waals surface area contributed by atoms with Gasteiger partial charge >= 0.3 is 6.03 Å². The molecule has 2 aliphatic heterocycles. The summed E-state index contributed by atoms with van der Waals surface area (Å²) in [6.07, 6.45) is 0. The van der Waals surface area contributed by atoms with E-state index >= 15 is 0 Å². The van der Waals surface area contributed by atoms with E-state index < -0.39 is 15.9 Å². The minimum absolute atomic E-state index is 0.0838. The Hall–Kier alpha value is -2.95. The fraction of sp³-hybridized carbons (Fsp3) is 0.333. The average Bonchev–Trinajstić information content (AvgIpc) is 3.21. The lowest BCUT2D eigenvalue weighted by molar-refractivity contribution is 0.0730. The largest absolute Gasteiger partial charge is 0.379 e. The highest BCUT2D eigenvalue weighted by atomic mass is 32.2. The molecule has 0 saturated carbocycles. The summed E-state index contributed by atoms with van der Waals surface area (Å²) >= 11 is 0. The van der Waals surface area contributed by atoms with Gasteiger partial charge in [0.25, 0.3) is 5.91 Å². The van der Waals surface area contributed by atoms with E-state index in [1.165, 1.54) is 16.4 Å². The fourth-order valence-electron chi connectivity index (χ4n) is 3.58. The van der Waals surface area contributed by atoms with E-state index in [-0.39, 0.29) is 16.5 Å². The molecule has 2 aromatic carbocycles. The minimum atomic E-state index is -3.70. The number of hydrogen-bond acceptors (Lipinski definition) is 5. The smallest absolute Gasteiger partial charge is 0.321 e. The van der Waals surface area contributed by atoms with E-state index in [1.54, 1.807) is 42.2 Å². The Morgan fingerprint density at radius 1 is 1.06 bits per heavy atom. The Kier molecular flexibility index (Phi) is 5.94. The Balaban J connectivity index is 1.52. The first-order valence-corrected chi connectivity index (χ1v) is 11.5. The molecule has 0 spiro atoms. The van der Waals surface area contributed by atoms with Crippen LogP contribution in [0.2, 0.25) is 0 Å². The number of aryl methyl sites for hydroxylation is 1. The van der Waals surface area contributed by atoms with Crippen molar-refractivity contribution in [2.75, 3.05) is 49.6 Å². The molecule has 0 bridgehead atoms. The van der Waals surface area contributed by atoms with Crippen LogP contribution in [0.5, 0.6) is 0 Å². The highest BCUT2D eigenvalue weighted by molar-refractivity contribution is 7.89. The molecule has 2 fully saturated rings. The highest BCUT2D eigenvalue weighted by Crippen LogP contribution is 2.23. The molecule has 9 nitrogen and oxygen atoms in total. The van der Waals surface area contributed by atoms with Crippen molar-refractivity contribution in [3.63, 3.8) is 0 Å². The molecule has 2 heterocycles. The predicted molar refractivity (Wildman–Crippen MR) is 116 cm³/mol. The third-order valence-electron chi connectivity index (χ3n) is 5.36. The van der Waals surface area contributed by atoms with Crippen LogP contribution in [0.4, 0.5) is 16.2 Å². The van der Waals surface area contributed by atoms with Crippen LogP contribution >= 0.6 is 0 Å². The van der Waals surface area contributed by atoms with Crippen LogP contribution in [-0.2, 0) is 14.8 Å². The third kappa shape index (κ3) is 4.41. The van der Waals surface area contributed by atoms with E-state index in [0.717, 1.165) is 5.69 Å². The van der Waals surface area contributed by atoms with Gasteiger partial charge in [-0.05, 0) is 48.9 Å². The van der Waals surface area contributed by atoms with Crippen LogP contribution < -0.4 is 15.5 Å². The van der Waals surface area contributed by atoms with Gasteiger partial charge in [0.1, 0.15) is 0 Å². The molecule has 0 aliphatic carbocycles. The quantitative estimate of drug-likeness (QED) is 0.731. The number of urea groups is 1. The molecule has 3 amide bonds. The van der Waals surface area contributed by atoms with Crippen molar-refractivity contribution in [2.24, 2.45) is 0 Å². The van der Waals surface area contributed by atoms with Crippen LogP contribution in [-0.4, -0.2) is 64.1 Å². The molecule has 4 rings (SSSR count). The van der Waals surface area contributed by atoms with Crippen molar-refractivity contribution in [1.29, 1.82) is 0 Å². The lowest BCUT2D eigenvalue weighted by Crippen LogP contribution is -2.40. The van der Waals surface area contributed by atoms with Crippen LogP contribution in [0.1, 0.15) is 15.9 Å². The van der Waals surface area contributed by atoms with Gasteiger partial charge in [0.2, 0.25) is 10.0 Å². The minimum Gasteiger partial charge on any atom is -0.379 e. The molecule has 2 saturated heterocycles. The molecule has 0 radical (unpaired) electrons. The predicted octanol–water partition coefficient (Wildman–Crippen LogP) is 1.80. The number of morpholine rings is 1. The number of ether oxygens (including phenoxy) is 1. The summed E-state index contributed by atoms with van der Waals surface area (Å²) in [5.41, 5.74) is 2.25. The van der Waals surface area contributed by atoms with Crippen molar-refractivity contribution in [1.82, 2.24) is 9.62 Å². The fourth-order valence-corrected chi connectivity index (χ4v) is 5.02. The summed E-state index contributed by atoms with van der Waals surface area (Å²) in [6.45, 7) is 4.24. The maximum absolute atomic E-state index is 12.9. The number of nitrogens with zero attached hydrogens (tertiary/aromatic N) is 2. The highest BCUT2D eigenvalue weighted by Gasteiger charge is 2.27. The number of carbonyl (C=O) groups is 2. The normalized spacial score (nSPS) is 17.5. The number of benzene rings is 2. The van der Waals surface area contributed by atoms with E-state index in [9.17, 15) is 18.0 Å². The summed E-state index contributed by atoms with van der Waals surface area (Å²) in [5.74, 6) is -0.400. The number of rotatable bonds is 5. The van der Waals surface area contributed by atoms with Gasteiger partial charge < -0.3 is 15.4 Å². The second kappa shape index (κ2) is 8.66. The van der Waals surface area contributed by atoms with Gasteiger partial charge in [0.15, 0.2) is 0 Å². The van der Waals surface area contributed by atoms with Crippen molar-refractivity contribution < 1.29 is 22.7 Å². The van der Waals surface area contributed by atoms with Crippen LogP contribution in [0.25, 0.3) is 0 Å². The van der Waals surface area contributed by atoms with Crippen LogP contribution in [0, 0.1) is 6.92 Å². The molecular formula is C21H24N4O5S. The Bertz CT molecular complexity index is 1100. The molecule has 2 N–H and O–H groups in total. The Morgan fingerprint density at radius 3 is 2.42 bits per heavy atom. The number of anilines is 2. The van der Waals surface area contributed by atoms with Gasteiger partial charge in [-0.25, -0.2) is 13.2 Å². The first-order valence-electron chi connectivity index (χ1n) is 10.0. The Morgan fingerprint density at radius 2 is 1.77 bits per heavy atom. The van der Waals surface area contributed by atoms with E-state index in [0.29, 0.717) is 50.6 Å². The van der Waals surface area contributed by atoms with Gasteiger partial charge in [-0.3, -0.25) is 9.69 Å². The first-order chi connectivity index (χ1) is 14.9. The molecular weight excluding hydrogens is 420 g/mol. The van der Waals surface area contributed by atoms with Crippen molar-refractivity contribution in [3.8, 4) is 0 Å². The monoisotopic (exact) mass is 444 g/mol. The zero-order valence-electron chi connectivity index (χ0n) is 17.1. The average molecular weight is 445 g/mol. The summed E-state index contributed by atoms with van der Waals surface area (Å²) < 4.78 is 32.4. The topological polar surface area (TPSA) is 108 Å². The van der Waals surface area contributed by atoms with Crippen LogP contribution in [0.3, 0.4) is 0 Å². The second-order valence-electron chi connectivity index (χ2n) is 7.38. The molecule has 0 atom stereocenters. The zero-order chi connectivity index (χ0) is 22.0. The molecule has 2 aromatic rings. The standard InChI is InChI=1S/C21H24N4O5S/c1-15-2-7-18(31(28,29)24-10-12-30-13-11-24)14-19(15)20(26)23-16-3-5-17(6-4-16)25-9-8-22-21(25)27/h2-7,14H,8-13H2,1H3,(H,22,27)(H,23,26). The molecule has 2 aliphatic rings. The van der Waals surface area contributed by atoms with E-state index in [1.807, 2.05) is 0 Å². The van der Waals surface area contributed by atoms with E-state index in [4.69, 9.17) is 4.74 Å². The summed E-state index contributed by atoms with van der Waals surface area (Å²) in [6, 6.07) is 11.4. The maximum Gasteiger partial charge on any atom is 0.321 e. The maximum atomic E-state index is 12.9. The van der Waals surface area contributed by atoms with Crippen molar-refractivity contribution >= 4 is 33.3 Å². The molecule has 164 valence electrons. The molecule has 10 heteroatoms. The van der Waals surface area contributed by atoms with E-state index in [2.05, 4.69) is 10.6 Å². The van der Waals surface area contributed by atoms with Crippen LogP contribution in [0.15, 0.2) is 47.4 Å². The lowest BCUT2D eigenvalue weighted by Gasteiger charge is -2.26. The number of hydrogen-bond donors (Lipinski definition) is 2. The summed E-state index contributed by atoms with van der Waals surface area (Å²) in [7, 11) is -3.70. The molecule has 0 unspecified atom stereocenters. The molecule has 0 aromatic heterocycles. The summed E-state index contributed by atoms with van der Waals surface area (Å²) in [5, 5.41) is 5.54. The second-order valence-corrected chi connectivity index (χ2v) is 9.32. The summed E-state index contributed by atoms with van der Waals surface area (Å²) in [4.78, 5) is 26.3. The first kappa shape index (κ1) is 21.3. The third-order valence-corrected chi connectivity index (χ3v) is 7.25. The lowest BCUT2D eigenvalue weighted by atomic mass is 10.1. The SMILES string of the molecule is Cc1ccc(S(=O)(=O)N2CCOCC2)cc1C(=O)Nc1ccc(N2CCNC2=O)cc1.